The van der Waals surface area contributed by atoms with Gasteiger partial charge in [0.2, 0.25) is 0 Å². The molecule has 4 heteroatoms. The predicted octanol–water partition coefficient (Wildman–Crippen LogP) is 3.70. The molecule has 0 bridgehead atoms. The largest absolute Gasteiger partial charge is 0.339 e. The molecule has 1 amide bonds. The first-order chi connectivity index (χ1) is 7.70. The van der Waals surface area contributed by atoms with E-state index in [1.165, 1.54) is 0 Å². The van der Waals surface area contributed by atoms with Crippen molar-refractivity contribution in [3.63, 3.8) is 0 Å². The van der Waals surface area contributed by atoms with Crippen molar-refractivity contribution >= 4 is 37.8 Å². The molecule has 2 nitrogen and oxygen atoms in total. The van der Waals surface area contributed by atoms with Crippen LogP contribution in [-0.4, -0.2) is 29.2 Å². The molecule has 0 aliphatic rings. The molecule has 0 aliphatic heterocycles. The molecule has 0 saturated heterocycles. The summed E-state index contributed by atoms with van der Waals surface area (Å²) < 4.78 is 0.859. The Morgan fingerprint density at radius 1 is 1.38 bits per heavy atom. The topological polar surface area (TPSA) is 20.3 Å². The smallest absolute Gasteiger partial charge is 0.254 e. The summed E-state index contributed by atoms with van der Waals surface area (Å²) in [6.07, 6.45) is 0.976. The van der Waals surface area contributed by atoms with Crippen molar-refractivity contribution in [2.75, 3.05) is 18.4 Å². The van der Waals surface area contributed by atoms with Crippen LogP contribution in [0.15, 0.2) is 28.7 Å². The van der Waals surface area contributed by atoms with E-state index in [1.54, 1.807) is 0 Å². The van der Waals surface area contributed by atoms with E-state index in [9.17, 15) is 4.79 Å². The molecule has 0 fully saturated rings. The number of rotatable bonds is 5. The van der Waals surface area contributed by atoms with E-state index >= 15 is 0 Å². The Morgan fingerprint density at radius 2 is 2.06 bits per heavy atom. The first kappa shape index (κ1) is 13.7. The monoisotopic (exact) mass is 347 g/mol. The number of benzene rings is 1. The van der Waals surface area contributed by atoms with Gasteiger partial charge in [0.1, 0.15) is 0 Å². The molecular weight excluding hydrogens is 334 g/mol. The molecule has 16 heavy (non-hydrogen) atoms. The molecule has 88 valence electrons. The van der Waals surface area contributed by atoms with E-state index in [2.05, 4.69) is 31.9 Å². The maximum atomic E-state index is 12.2. The summed E-state index contributed by atoms with van der Waals surface area (Å²) in [7, 11) is 0. The van der Waals surface area contributed by atoms with Gasteiger partial charge in [-0.1, -0.05) is 28.1 Å². The van der Waals surface area contributed by atoms with Crippen molar-refractivity contribution in [2.45, 2.75) is 13.3 Å². The first-order valence-electron chi connectivity index (χ1n) is 5.30. The highest BCUT2D eigenvalue weighted by Gasteiger charge is 2.15. The zero-order valence-corrected chi connectivity index (χ0v) is 12.4. The quantitative estimate of drug-likeness (QED) is 0.743. The molecule has 0 radical (unpaired) electrons. The minimum Gasteiger partial charge on any atom is -0.339 e. The number of amides is 1. The number of carbonyl (C=O) groups excluding carboxylic acids is 1. The lowest BCUT2D eigenvalue weighted by Crippen LogP contribution is -2.32. The predicted molar refractivity (Wildman–Crippen MR) is 74.1 cm³/mol. The average molecular weight is 349 g/mol. The molecule has 0 aromatic heterocycles. The van der Waals surface area contributed by atoms with E-state index in [1.807, 2.05) is 36.1 Å². The molecule has 0 atom stereocenters. The molecular formula is C12H15Br2NO. The van der Waals surface area contributed by atoms with Gasteiger partial charge < -0.3 is 4.90 Å². The van der Waals surface area contributed by atoms with Crippen LogP contribution in [0.1, 0.15) is 23.7 Å². The molecule has 1 aromatic rings. The molecule has 0 unspecified atom stereocenters. The van der Waals surface area contributed by atoms with Crippen LogP contribution in [0.25, 0.3) is 0 Å². The summed E-state index contributed by atoms with van der Waals surface area (Å²) in [5.41, 5.74) is 0.735. The van der Waals surface area contributed by atoms with Gasteiger partial charge in [-0.3, -0.25) is 4.79 Å². The number of alkyl halides is 1. The SMILES string of the molecule is CCN(CCCBr)C(=O)c1ccccc1Br. The lowest BCUT2D eigenvalue weighted by molar-refractivity contribution is 0.0764. The Morgan fingerprint density at radius 3 is 2.62 bits per heavy atom. The fourth-order valence-electron chi connectivity index (χ4n) is 1.46. The van der Waals surface area contributed by atoms with Crippen molar-refractivity contribution in [2.24, 2.45) is 0 Å². The lowest BCUT2D eigenvalue weighted by Gasteiger charge is -2.21. The Kier molecular flexibility index (Phi) is 6.06. The number of carbonyl (C=O) groups is 1. The summed E-state index contributed by atoms with van der Waals surface area (Å²) in [5.74, 6) is 0.0934. The highest BCUT2D eigenvalue weighted by molar-refractivity contribution is 9.10. The third-order valence-electron chi connectivity index (χ3n) is 2.33. The van der Waals surface area contributed by atoms with Gasteiger partial charge in [-0.25, -0.2) is 0 Å². The van der Waals surface area contributed by atoms with E-state index in [0.717, 1.165) is 34.9 Å². The van der Waals surface area contributed by atoms with Gasteiger partial charge in [0.05, 0.1) is 5.56 Å². The maximum Gasteiger partial charge on any atom is 0.254 e. The maximum absolute atomic E-state index is 12.2. The van der Waals surface area contributed by atoms with Crippen LogP contribution in [0.3, 0.4) is 0 Å². The van der Waals surface area contributed by atoms with Crippen molar-refractivity contribution in [3.8, 4) is 0 Å². The third-order valence-corrected chi connectivity index (χ3v) is 3.59. The van der Waals surface area contributed by atoms with Crippen molar-refractivity contribution in [1.29, 1.82) is 0 Å². The van der Waals surface area contributed by atoms with Crippen LogP contribution in [0, 0.1) is 0 Å². The van der Waals surface area contributed by atoms with Crippen LogP contribution in [0.2, 0.25) is 0 Å². The van der Waals surface area contributed by atoms with Gasteiger partial charge >= 0.3 is 0 Å². The number of hydrogen-bond donors (Lipinski definition) is 0. The van der Waals surface area contributed by atoms with Gasteiger partial charge in [0.15, 0.2) is 0 Å². The zero-order chi connectivity index (χ0) is 12.0. The highest BCUT2D eigenvalue weighted by Crippen LogP contribution is 2.18. The Hall–Kier alpha value is -0.350. The van der Waals surface area contributed by atoms with Crippen LogP contribution in [0.5, 0.6) is 0 Å². The van der Waals surface area contributed by atoms with E-state index in [4.69, 9.17) is 0 Å². The molecule has 0 heterocycles. The van der Waals surface area contributed by atoms with Crippen molar-refractivity contribution in [3.05, 3.63) is 34.3 Å². The van der Waals surface area contributed by atoms with E-state index in [-0.39, 0.29) is 5.91 Å². The lowest BCUT2D eigenvalue weighted by atomic mass is 10.2. The molecule has 0 saturated carbocycles. The van der Waals surface area contributed by atoms with Gasteiger partial charge in [-0.05, 0) is 41.4 Å². The summed E-state index contributed by atoms with van der Waals surface area (Å²) in [6, 6.07) is 7.54. The second-order valence-corrected chi connectivity index (χ2v) is 5.05. The third kappa shape index (κ3) is 3.59. The minimum absolute atomic E-state index is 0.0934. The van der Waals surface area contributed by atoms with Crippen LogP contribution in [-0.2, 0) is 0 Å². The summed E-state index contributed by atoms with van der Waals surface area (Å²) in [4.78, 5) is 14.0. The van der Waals surface area contributed by atoms with Crippen molar-refractivity contribution < 1.29 is 4.79 Å². The van der Waals surface area contributed by atoms with Crippen LogP contribution >= 0.6 is 31.9 Å². The Labute approximate surface area is 113 Å². The summed E-state index contributed by atoms with van der Waals surface area (Å²) in [6.45, 7) is 3.54. The Balaban J connectivity index is 2.79. The fourth-order valence-corrected chi connectivity index (χ4v) is 2.16. The number of nitrogens with zero attached hydrogens (tertiary/aromatic N) is 1. The fraction of sp³-hybridized carbons (Fsp3) is 0.417. The summed E-state index contributed by atoms with van der Waals surface area (Å²) in [5, 5.41) is 0.923. The molecule has 0 spiro atoms. The zero-order valence-electron chi connectivity index (χ0n) is 9.25. The van der Waals surface area contributed by atoms with Crippen LogP contribution in [0.4, 0.5) is 0 Å². The molecule has 0 aliphatic carbocycles. The second-order valence-electron chi connectivity index (χ2n) is 3.41. The molecule has 1 rings (SSSR count). The van der Waals surface area contributed by atoms with Gasteiger partial charge in [0, 0.05) is 22.9 Å². The first-order valence-corrected chi connectivity index (χ1v) is 7.22. The number of hydrogen-bond acceptors (Lipinski definition) is 1. The van der Waals surface area contributed by atoms with E-state index in [0.29, 0.717) is 0 Å². The molecule has 0 N–H and O–H groups in total. The standard InChI is InChI=1S/C12H15Br2NO/c1-2-15(9-5-8-13)12(16)10-6-3-4-7-11(10)14/h3-4,6-7H,2,5,8-9H2,1H3. The van der Waals surface area contributed by atoms with Gasteiger partial charge in [-0.2, -0.15) is 0 Å². The Bertz CT molecular complexity index is 355. The van der Waals surface area contributed by atoms with Crippen LogP contribution < -0.4 is 0 Å². The molecule has 1 aromatic carbocycles. The van der Waals surface area contributed by atoms with Gasteiger partial charge in [0.25, 0.3) is 5.91 Å². The van der Waals surface area contributed by atoms with Gasteiger partial charge in [-0.15, -0.1) is 0 Å². The average Bonchev–Trinajstić information content (AvgIpc) is 2.30. The van der Waals surface area contributed by atoms with Crippen molar-refractivity contribution in [1.82, 2.24) is 4.90 Å². The summed E-state index contributed by atoms with van der Waals surface area (Å²) >= 11 is 6.79. The second kappa shape index (κ2) is 7.07. The highest BCUT2D eigenvalue weighted by atomic mass is 79.9. The number of halogens is 2. The van der Waals surface area contributed by atoms with E-state index < -0.39 is 0 Å². The minimum atomic E-state index is 0.0934. The normalized spacial score (nSPS) is 10.2.